The highest BCUT2D eigenvalue weighted by atomic mass is 35.5. The molecule has 1 fully saturated rings. The van der Waals surface area contributed by atoms with Crippen molar-refractivity contribution in [3.63, 3.8) is 0 Å². The van der Waals surface area contributed by atoms with Crippen LogP contribution in [0.15, 0.2) is 47.4 Å². The Balaban J connectivity index is 1.40. The van der Waals surface area contributed by atoms with Gasteiger partial charge in [-0.3, -0.25) is 9.59 Å². The lowest BCUT2D eigenvalue weighted by Gasteiger charge is -2.18. The molecule has 2 aromatic carbocycles. The number of nitrogens with zero attached hydrogens (tertiary/aromatic N) is 1. The number of halogens is 1. The van der Waals surface area contributed by atoms with Gasteiger partial charge in [-0.05, 0) is 67.6 Å². The van der Waals surface area contributed by atoms with Crippen LogP contribution in [0.3, 0.4) is 0 Å². The average Bonchev–Trinajstić information content (AvgIpc) is 3.51. The maximum Gasteiger partial charge on any atom is 0.230 e. The molecular weight excluding hydrogens is 436 g/mol. The first-order valence-corrected chi connectivity index (χ1v) is 12.4. The predicted octanol–water partition coefficient (Wildman–Crippen LogP) is 3.51. The zero-order chi connectivity index (χ0) is 22.2. The molecule has 1 N–H and O–H groups in total. The molecule has 31 heavy (non-hydrogen) atoms. The monoisotopic (exact) mass is 460 g/mol. The van der Waals surface area contributed by atoms with Crippen LogP contribution in [-0.4, -0.2) is 32.0 Å². The molecule has 1 saturated carbocycles. The average molecular weight is 461 g/mol. The van der Waals surface area contributed by atoms with Gasteiger partial charge in [0.05, 0.1) is 10.1 Å². The summed E-state index contributed by atoms with van der Waals surface area (Å²) in [6.45, 7) is 2.46. The van der Waals surface area contributed by atoms with Gasteiger partial charge in [-0.2, -0.15) is 0 Å². The van der Waals surface area contributed by atoms with Crippen molar-refractivity contribution < 1.29 is 18.0 Å². The fourth-order valence-electron chi connectivity index (χ4n) is 3.81. The molecule has 8 heteroatoms. The summed E-state index contributed by atoms with van der Waals surface area (Å²) in [4.78, 5) is 26.7. The number of benzene rings is 2. The predicted molar refractivity (Wildman–Crippen MR) is 120 cm³/mol. The first-order valence-electron chi connectivity index (χ1n) is 10.4. The minimum absolute atomic E-state index is 0.126. The minimum Gasteiger partial charge on any atom is -0.352 e. The third-order valence-electron chi connectivity index (χ3n) is 5.87. The number of anilines is 1. The van der Waals surface area contributed by atoms with Gasteiger partial charge in [-0.1, -0.05) is 23.7 Å². The molecule has 0 aromatic heterocycles. The summed E-state index contributed by atoms with van der Waals surface area (Å²) in [5.74, 6) is -0.0609. The van der Waals surface area contributed by atoms with Gasteiger partial charge >= 0.3 is 0 Å². The molecule has 0 saturated heterocycles. The van der Waals surface area contributed by atoms with Crippen molar-refractivity contribution in [1.29, 1.82) is 0 Å². The van der Waals surface area contributed by atoms with Gasteiger partial charge in [0.25, 0.3) is 0 Å². The topological polar surface area (TPSA) is 83.6 Å². The standard InChI is InChI=1S/C23H25ClN2O4S/c1-15(12-22(27)25-14-16-2-6-19(24)7-3-16)31(29,30)20-8-9-21-18(13-20)10-11-26(21)23(28)17-4-5-17/h2-3,6-9,13,15,17H,4-5,10-12,14H2,1H3,(H,25,27). The third-order valence-corrected chi connectivity index (χ3v) is 8.26. The maximum absolute atomic E-state index is 13.0. The summed E-state index contributed by atoms with van der Waals surface area (Å²) in [5.41, 5.74) is 2.57. The second-order valence-electron chi connectivity index (χ2n) is 8.27. The fourth-order valence-corrected chi connectivity index (χ4v) is 5.34. The second kappa shape index (κ2) is 8.63. The zero-order valence-corrected chi connectivity index (χ0v) is 18.9. The van der Waals surface area contributed by atoms with Crippen molar-refractivity contribution in [2.24, 2.45) is 5.92 Å². The van der Waals surface area contributed by atoms with Crippen LogP contribution in [-0.2, 0) is 32.4 Å². The first kappa shape index (κ1) is 21.8. The van der Waals surface area contributed by atoms with Crippen LogP contribution in [0.25, 0.3) is 0 Å². The molecule has 1 aliphatic heterocycles. The zero-order valence-electron chi connectivity index (χ0n) is 17.3. The number of carbonyl (C=O) groups is 2. The molecule has 2 aromatic rings. The highest BCUT2D eigenvalue weighted by molar-refractivity contribution is 7.92. The van der Waals surface area contributed by atoms with Gasteiger partial charge < -0.3 is 10.2 Å². The smallest absolute Gasteiger partial charge is 0.230 e. The van der Waals surface area contributed by atoms with Crippen molar-refractivity contribution in [2.75, 3.05) is 11.4 Å². The van der Waals surface area contributed by atoms with E-state index in [4.69, 9.17) is 11.6 Å². The van der Waals surface area contributed by atoms with Gasteiger partial charge in [0.1, 0.15) is 0 Å². The molecule has 6 nitrogen and oxygen atoms in total. The summed E-state index contributed by atoms with van der Waals surface area (Å²) in [6, 6.07) is 12.0. The van der Waals surface area contributed by atoms with E-state index in [0.29, 0.717) is 24.5 Å². The first-order chi connectivity index (χ1) is 14.8. The van der Waals surface area contributed by atoms with Gasteiger partial charge in [0.15, 0.2) is 9.84 Å². The van der Waals surface area contributed by atoms with Crippen LogP contribution in [0.1, 0.15) is 37.3 Å². The van der Waals surface area contributed by atoms with Gasteiger partial charge in [0.2, 0.25) is 11.8 Å². The SMILES string of the molecule is CC(CC(=O)NCc1ccc(Cl)cc1)S(=O)(=O)c1ccc2c(c1)CCN2C(=O)C1CC1. The molecule has 1 aliphatic carbocycles. The Morgan fingerprint density at radius 3 is 2.55 bits per heavy atom. The summed E-state index contributed by atoms with van der Waals surface area (Å²) < 4.78 is 26.1. The largest absolute Gasteiger partial charge is 0.352 e. The molecule has 2 aliphatic rings. The Bertz CT molecular complexity index is 1110. The maximum atomic E-state index is 13.0. The fraction of sp³-hybridized carbons (Fsp3) is 0.391. The van der Waals surface area contributed by atoms with Crippen molar-refractivity contribution >= 4 is 38.9 Å². The van der Waals surface area contributed by atoms with Crippen LogP contribution < -0.4 is 10.2 Å². The van der Waals surface area contributed by atoms with Crippen molar-refractivity contribution in [3.05, 3.63) is 58.6 Å². The van der Waals surface area contributed by atoms with Crippen molar-refractivity contribution in [2.45, 2.75) is 49.3 Å². The van der Waals surface area contributed by atoms with E-state index in [2.05, 4.69) is 5.32 Å². The van der Waals surface area contributed by atoms with Crippen LogP contribution in [0.2, 0.25) is 5.02 Å². The number of carbonyl (C=O) groups excluding carboxylic acids is 2. The molecular formula is C23H25ClN2O4S. The quantitative estimate of drug-likeness (QED) is 0.685. The Morgan fingerprint density at radius 1 is 1.16 bits per heavy atom. The van der Waals surface area contributed by atoms with E-state index in [1.807, 2.05) is 12.1 Å². The molecule has 4 rings (SSSR count). The van der Waals surface area contributed by atoms with E-state index in [1.165, 1.54) is 0 Å². The number of nitrogens with one attached hydrogen (secondary N) is 1. The lowest BCUT2D eigenvalue weighted by Crippen LogP contribution is -2.30. The van der Waals surface area contributed by atoms with Gasteiger partial charge in [0, 0.05) is 36.1 Å². The summed E-state index contributed by atoms with van der Waals surface area (Å²) in [6.07, 6.45) is 2.40. The number of hydrogen-bond acceptors (Lipinski definition) is 4. The summed E-state index contributed by atoms with van der Waals surface area (Å²) in [7, 11) is -3.67. The molecule has 0 radical (unpaired) electrons. The Labute approximate surface area is 187 Å². The van der Waals surface area contributed by atoms with E-state index < -0.39 is 15.1 Å². The normalized spacial score (nSPS) is 16.6. The Kier molecular flexibility index (Phi) is 6.08. The molecule has 0 bridgehead atoms. The lowest BCUT2D eigenvalue weighted by molar-refractivity contribution is -0.121. The minimum atomic E-state index is -3.67. The van der Waals surface area contributed by atoms with Gasteiger partial charge in [-0.25, -0.2) is 8.42 Å². The number of sulfone groups is 1. The lowest BCUT2D eigenvalue weighted by atomic mass is 10.2. The van der Waals surface area contributed by atoms with Crippen LogP contribution in [0.5, 0.6) is 0 Å². The van der Waals surface area contributed by atoms with E-state index in [0.717, 1.165) is 29.7 Å². The second-order valence-corrected chi connectivity index (χ2v) is 11.1. The Morgan fingerprint density at radius 2 is 1.87 bits per heavy atom. The van der Waals surface area contributed by atoms with E-state index >= 15 is 0 Å². The molecule has 0 spiro atoms. The van der Waals surface area contributed by atoms with Crippen LogP contribution in [0, 0.1) is 5.92 Å². The number of rotatable bonds is 7. The number of fused-ring (bicyclic) bond motifs is 1. The highest BCUT2D eigenvalue weighted by Crippen LogP contribution is 2.37. The highest BCUT2D eigenvalue weighted by Gasteiger charge is 2.37. The number of hydrogen-bond donors (Lipinski definition) is 1. The third kappa shape index (κ3) is 4.77. The van der Waals surface area contributed by atoms with Gasteiger partial charge in [-0.15, -0.1) is 0 Å². The van der Waals surface area contributed by atoms with Crippen molar-refractivity contribution in [3.8, 4) is 0 Å². The molecule has 1 unspecified atom stereocenters. The molecule has 1 atom stereocenters. The van der Waals surface area contributed by atoms with E-state index in [1.54, 1.807) is 42.2 Å². The van der Waals surface area contributed by atoms with Crippen molar-refractivity contribution in [1.82, 2.24) is 5.32 Å². The summed E-state index contributed by atoms with van der Waals surface area (Å²) >= 11 is 5.85. The molecule has 164 valence electrons. The van der Waals surface area contributed by atoms with Crippen LogP contribution >= 0.6 is 11.6 Å². The number of amides is 2. The molecule has 1 heterocycles. The Hall–Kier alpha value is -2.38. The van der Waals surface area contributed by atoms with E-state index in [-0.39, 0.29) is 29.0 Å². The molecule has 2 amide bonds. The van der Waals surface area contributed by atoms with Crippen LogP contribution in [0.4, 0.5) is 5.69 Å². The van der Waals surface area contributed by atoms with E-state index in [9.17, 15) is 18.0 Å². The summed E-state index contributed by atoms with van der Waals surface area (Å²) in [5, 5.41) is 2.51.